The molecule has 4 heteroatoms. The van der Waals surface area contributed by atoms with Gasteiger partial charge < -0.3 is 4.74 Å². The van der Waals surface area contributed by atoms with Crippen LogP contribution in [0.4, 0.5) is 0 Å². The number of carbonyl (C=O) groups excluding carboxylic acids is 3. The van der Waals surface area contributed by atoms with Crippen molar-refractivity contribution in [2.75, 3.05) is 0 Å². The molecule has 4 aliphatic carbocycles. The molecule has 0 aromatic carbocycles. The van der Waals surface area contributed by atoms with Crippen LogP contribution in [0.3, 0.4) is 0 Å². The summed E-state index contributed by atoms with van der Waals surface area (Å²) in [4.78, 5) is 37.0. The van der Waals surface area contributed by atoms with E-state index in [1.165, 1.54) is 12.5 Å². The van der Waals surface area contributed by atoms with Gasteiger partial charge in [-0.3, -0.25) is 14.4 Å². The maximum Gasteiger partial charge on any atom is 0.303 e. The van der Waals surface area contributed by atoms with E-state index in [2.05, 4.69) is 20.8 Å². The van der Waals surface area contributed by atoms with E-state index in [1.807, 2.05) is 6.08 Å². The molecular weight excluding hydrogens is 364 g/mol. The molecule has 4 nitrogen and oxygen atoms in total. The molecule has 8 atom stereocenters. The summed E-state index contributed by atoms with van der Waals surface area (Å²) in [6, 6.07) is 0. The van der Waals surface area contributed by atoms with E-state index in [9.17, 15) is 14.4 Å². The van der Waals surface area contributed by atoms with E-state index in [4.69, 9.17) is 4.74 Å². The Labute approximate surface area is 174 Å². The summed E-state index contributed by atoms with van der Waals surface area (Å²) in [5.74, 6) is 2.95. The van der Waals surface area contributed by atoms with Gasteiger partial charge in [-0.2, -0.15) is 0 Å². The van der Waals surface area contributed by atoms with Gasteiger partial charge in [0.1, 0.15) is 0 Å². The smallest absolute Gasteiger partial charge is 0.303 e. The Hall–Kier alpha value is -1.45. The summed E-state index contributed by atoms with van der Waals surface area (Å²) in [6.07, 6.45) is 8.32. The standard InChI is InChI=1S/C25H36O4/c1-6-18-14(2)21-13-17(28)7-8-19(21)20-9-11-24(5)22(23(18)20)10-12-25(24,15(3)26)29-16(4)27/h13-14,18-20,22-23H,6-12H2,1-5H3/t14-,18+,19+,20+,22-,23+,24-,25-/m0/s1. The van der Waals surface area contributed by atoms with Crippen LogP contribution in [0.25, 0.3) is 0 Å². The highest BCUT2D eigenvalue weighted by Gasteiger charge is 2.68. The first kappa shape index (κ1) is 20.8. The molecule has 3 saturated carbocycles. The molecule has 160 valence electrons. The van der Waals surface area contributed by atoms with Gasteiger partial charge in [0.15, 0.2) is 17.2 Å². The van der Waals surface area contributed by atoms with Crippen LogP contribution in [0.5, 0.6) is 0 Å². The molecule has 29 heavy (non-hydrogen) atoms. The van der Waals surface area contributed by atoms with Crippen LogP contribution in [0.1, 0.15) is 79.6 Å². The maximum absolute atomic E-state index is 12.9. The highest BCUT2D eigenvalue weighted by atomic mass is 16.6. The van der Waals surface area contributed by atoms with Gasteiger partial charge in [0, 0.05) is 18.8 Å². The molecule has 0 unspecified atom stereocenters. The van der Waals surface area contributed by atoms with Crippen molar-refractivity contribution in [1.82, 2.24) is 0 Å². The number of ether oxygens (including phenoxy) is 1. The number of hydrogen-bond donors (Lipinski definition) is 0. The number of allylic oxidation sites excluding steroid dienone is 1. The SMILES string of the molecule is CC[C@H]1[C@@H]2[C@H](CC[C@@]3(C)[C@H]2CC[C@]3(OC(C)=O)C(C)=O)[C@H]2CCC(=O)C=C2[C@H]1C. The van der Waals surface area contributed by atoms with E-state index < -0.39 is 5.60 Å². The lowest BCUT2D eigenvalue weighted by atomic mass is 9.46. The topological polar surface area (TPSA) is 60.4 Å². The minimum atomic E-state index is -0.964. The van der Waals surface area contributed by atoms with Gasteiger partial charge in [0.05, 0.1) is 0 Å². The highest BCUT2D eigenvalue weighted by Crippen LogP contribution is 2.68. The number of Topliss-reactive ketones (excluding diaryl/α,β-unsaturated/α-hetero) is 1. The summed E-state index contributed by atoms with van der Waals surface area (Å²) < 4.78 is 5.88. The molecule has 0 saturated heterocycles. The summed E-state index contributed by atoms with van der Waals surface area (Å²) in [6.45, 7) is 9.85. The van der Waals surface area contributed by atoms with E-state index in [1.54, 1.807) is 6.92 Å². The minimum Gasteiger partial charge on any atom is -0.451 e. The van der Waals surface area contributed by atoms with Crippen molar-refractivity contribution in [3.05, 3.63) is 11.6 Å². The molecule has 0 aromatic rings. The van der Waals surface area contributed by atoms with Crippen LogP contribution in [-0.4, -0.2) is 23.1 Å². The van der Waals surface area contributed by atoms with Gasteiger partial charge >= 0.3 is 5.97 Å². The molecule has 0 amide bonds. The summed E-state index contributed by atoms with van der Waals surface area (Å²) in [7, 11) is 0. The summed E-state index contributed by atoms with van der Waals surface area (Å²) >= 11 is 0. The van der Waals surface area contributed by atoms with E-state index in [0.717, 1.165) is 32.1 Å². The highest BCUT2D eigenvalue weighted by molar-refractivity contribution is 5.91. The first-order valence-electron chi connectivity index (χ1n) is 11.6. The fraction of sp³-hybridized carbons (Fsp3) is 0.800. The second-order valence-electron chi connectivity index (χ2n) is 10.4. The first-order chi connectivity index (χ1) is 13.7. The second kappa shape index (κ2) is 7.06. The zero-order valence-corrected chi connectivity index (χ0v) is 18.6. The number of fused-ring (bicyclic) bond motifs is 5. The van der Waals surface area contributed by atoms with Crippen LogP contribution in [0.2, 0.25) is 0 Å². The van der Waals surface area contributed by atoms with Crippen LogP contribution >= 0.6 is 0 Å². The predicted molar refractivity (Wildman–Crippen MR) is 111 cm³/mol. The molecule has 0 N–H and O–H groups in total. The van der Waals surface area contributed by atoms with Crippen molar-refractivity contribution in [2.45, 2.75) is 85.2 Å². The van der Waals surface area contributed by atoms with E-state index >= 15 is 0 Å². The van der Waals surface area contributed by atoms with Crippen molar-refractivity contribution >= 4 is 17.5 Å². The summed E-state index contributed by atoms with van der Waals surface area (Å²) in [5, 5.41) is 0. The Morgan fingerprint density at radius 1 is 1.17 bits per heavy atom. The maximum atomic E-state index is 12.9. The third-order valence-corrected chi connectivity index (χ3v) is 9.50. The van der Waals surface area contributed by atoms with Crippen molar-refractivity contribution < 1.29 is 19.1 Å². The lowest BCUT2D eigenvalue weighted by Gasteiger charge is -2.59. The lowest BCUT2D eigenvalue weighted by Crippen LogP contribution is -2.59. The van der Waals surface area contributed by atoms with Crippen molar-refractivity contribution in [1.29, 1.82) is 0 Å². The normalized spacial score (nSPS) is 46.2. The molecule has 0 radical (unpaired) electrons. The van der Waals surface area contributed by atoms with Crippen LogP contribution in [-0.2, 0) is 19.1 Å². The third-order valence-electron chi connectivity index (χ3n) is 9.50. The third kappa shape index (κ3) is 2.80. The monoisotopic (exact) mass is 400 g/mol. The largest absolute Gasteiger partial charge is 0.451 e. The molecule has 0 aliphatic heterocycles. The van der Waals surface area contributed by atoms with Gasteiger partial charge in [-0.1, -0.05) is 32.8 Å². The van der Waals surface area contributed by atoms with Gasteiger partial charge in [-0.25, -0.2) is 0 Å². The molecule has 0 bridgehead atoms. The average Bonchev–Trinajstić information content (AvgIpc) is 2.95. The van der Waals surface area contributed by atoms with Gasteiger partial charge in [-0.05, 0) is 80.6 Å². The fourth-order valence-corrected chi connectivity index (χ4v) is 8.34. The molecular formula is C25H36O4. The summed E-state index contributed by atoms with van der Waals surface area (Å²) in [5.41, 5.74) is 0.146. The molecule has 3 fully saturated rings. The van der Waals surface area contributed by atoms with Crippen LogP contribution < -0.4 is 0 Å². The van der Waals surface area contributed by atoms with Crippen molar-refractivity contribution in [3.8, 4) is 0 Å². The zero-order valence-electron chi connectivity index (χ0n) is 18.6. The second-order valence-corrected chi connectivity index (χ2v) is 10.4. The molecule has 4 aliphatic rings. The Kier molecular flexibility index (Phi) is 5.07. The van der Waals surface area contributed by atoms with E-state index in [-0.39, 0.29) is 17.2 Å². The Morgan fingerprint density at radius 3 is 2.52 bits per heavy atom. The van der Waals surface area contributed by atoms with Crippen LogP contribution in [0, 0.1) is 40.9 Å². The van der Waals surface area contributed by atoms with Crippen LogP contribution in [0.15, 0.2) is 11.6 Å². The number of esters is 1. The molecule has 0 aromatic heterocycles. The van der Waals surface area contributed by atoms with Gasteiger partial charge in [0.2, 0.25) is 0 Å². The Balaban J connectivity index is 1.76. The average molecular weight is 401 g/mol. The Bertz CT molecular complexity index is 767. The first-order valence-corrected chi connectivity index (χ1v) is 11.6. The molecule has 0 heterocycles. The zero-order chi connectivity index (χ0) is 21.1. The van der Waals surface area contributed by atoms with Crippen molar-refractivity contribution in [2.24, 2.45) is 40.9 Å². The number of rotatable bonds is 3. The number of hydrogen-bond acceptors (Lipinski definition) is 4. The quantitative estimate of drug-likeness (QED) is 0.632. The van der Waals surface area contributed by atoms with Crippen molar-refractivity contribution in [3.63, 3.8) is 0 Å². The van der Waals surface area contributed by atoms with E-state index in [0.29, 0.717) is 54.1 Å². The number of ketones is 2. The molecule has 4 rings (SSSR count). The lowest BCUT2D eigenvalue weighted by molar-refractivity contribution is -0.188. The fourth-order valence-electron chi connectivity index (χ4n) is 8.34. The number of carbonyl (C=O) groups is 3. The van der Waals surface area contributed by atoms with Gasteiger partial charge in [0.25, 0.3) is 0 Å². The minimum absolute atomic E-state index is 0.0110. The van der Waals surface area contributed by atoms with Gasteiger partial charge in [-0.15, -0.1) is 0 Å². The Morgan fingerprint density at radius 2 is 1.90 bits per heavy atom. The molecule has 0 spiro atoms. The predicted octanol–water partition coefficient (Wildman–Crippen LogP) is 4.90.